The molecule has 0 radical (unpaired) electrons. The molecule has 0 saturated heterocycles. The Morgan fingerprint density at radius 2 is 1.60 bits per heavy atom. The molecule has 1 aliphatic rings. The predicted octanol–water partition coefficient (Wildman–Crippen LogP) is 3.91. The molecular formula is C22H22N2O5S. The Balaban J connectivity index is 1.94. The van der Waals surface area contributed by atoms with Crippen molar-refractivity contribution in [2.24, 2.45) is 0 Å². The number of hydrogen-bond acceptors (Lipinski definition) is 6. The summed E-state index contributed by atoms with van der Waals surface area (Å²) in [6.07, 6.45) is 0.532. The van der Waals surface area contributed by atoms with Gasteiger partial charge in [0, 0.05) is 13.3 Å². The van der Waals surface area contributed by atoms with Crippen LogP contribution in [0.25, 0.3) is 5.69 Å². The van der Waals surface area contributed by atoms with Crippen LogP contribution in [0.2, 0.25) is 0 Å². The van der Waals surface area contributed by atoms with Gasteiger partial charge in [0.05, 0.1) is 39.3 Å². The smallest absolute Gasteiger partial charge is 0.309 e. The van der Waals surface area contributed by atoms with Gasteiger partial charge in [0.25, 0.3) is 0 Å². The lowest BCUT2D eigenvalue weighted by molar-refractivity contribution is -0.132. The number of rotatable bonds is 5. The van der Waals surface area contributed by atoms with Crippen molar-refractivity contribution in [2.75, 3.05) is 21.3 Å². The van der Waals surface area contributed by atoms with Gasteiger partial charge in [-0.2, -0.15) is 0 Å². The van der Waals surface area contributed by atoms with Gasteiger partial charge in [-0.25, -0.2) is 0 Å². The first kappa shape index (κ1) is 20.0. The summed E-state index contributed by atoms with van der Waals surface area (Å²) in [7, 11) is 4.82. The highest BCUT2D eigenvalue weighted by Crippen LogP contribution is 2.39. The largest absolute Gasteiger partial charge is 0.495 e. The molecule has 156 valence electrons. The van der Waals surface area contributed by atoms with Crippen molar-refractivity contribution < 1.29 is 23.7 Å². The second kappa shape index (κ2) is 7.87. The van der Waals surface area contributed by atoms with Gasteiger partial charge >= 0.3 is 5.97 Å². The fourth-order valence-corrected chi connectivity index (χ4v) is 4.15. The molecule has 0 aliphatic carbocycles. The van der Waals surface area contributed by atoms with Crippen LogP contribution in [0.5, 0.6) is 23.1 Å². The Hall–Kier alpha value is -3.26. The topological polar surface area (TPSA) is 63.9 Å². The molecule has 2 aromatic carbocycles. The molecule has 2 heterocycles. The molecule has 0 fully saturated rings. The first-order valence-electron chi connectivity index (χ1n) is 9.38. The van der Waals surface area contributed by atoms with Gasteiger partial charge in [-0.3, -0.25) is 9.36 Å². The molecule has 7 nitrogen and oxygen atoms in total. The average molecular weight is 426 g/mol. The molecule has 0 spiro atoms. The normalized spacial score (nSPS) is 12.0. The Morgan fingerprint density at radius 3 is 2.23 bits per heavy atom. The number of para-hydroxylation sites is 2. The second-order valence-electron chi connectivity index (χ2n) is 6.87. The van der Waals surface area contributed by atoms with E-state index in [1.54, 1.807) is 25.9 Å². The number of esters is 1. The van der Waals surface area contributed by atoms with Crippen molar-refractivity contribution in [3.8, 4) is 28.8 Å². The van der Waals surface area contributed by atoms with Crippen molar-refractivity contribution in [2.45, 2.75) is 19.9 Å². The number of nitrogens with zero attached hydrogens (tertiary/aromatic N) is 2. The standard InChI is InChI=1S/C22H22N2O5S/c1-13(25)29-21-17-9-14-10-19(27-3)20(28-4)11-15(14)12-23(17)22(30)24(21)16-7-5-6-8-18(16)26-2/h5-8,10-11H,9,12H2,1-4H3. The molecule has 0 N–H and O–H groups in total. The summed E-state index contributed by atoms with van der Waals surface area (Å²) < 4.78 is 26.3. The molecule has 0 unspecified atom stereocenters. The van der Waals surface area contributed by atoms with Crippen molar-refractivity contribution in [1.29, 1.82) is 0 Å². The van der Waals surface area contributed by atoms with Gasteiger partial charge in [-0.15, -0.1) is 0 Å². The number of imidazole rings is 1. The molecular weight excluding hydrogens is 404 g/mol. The molecule has 30 heavy (non-hydrogen) atoms. The molecule has 1 aromatic heterocycles. The van der Waals surface area contributed by atoms with Crippen LogP contribution in [0.1, 0.15) is 23.7 Å². The van der Waals surface area contributed by atoms with Gasteiger partial charge in [-0.1, -0.05) is 12.1 Å². The Kier molecular flexibility index (Phi) is 5.26. The lowest BCUT2D eigenvalue weighted by atomic mass is 9.98. The number of carbonyl (C=O) groups is 1. The maximum absolute atomic E-state index is 11.9. The molecule has 1 aliphatic heterocycles. The van der Waals surface area contributed by atoms with Crippen LogP contribution in [0, 0.1) is 4.77 Å². The minimum Gasteiger partial charge on any atom is -0.495 e. The van der Waals surface area contributed by atoms with Crippen LogP contribution in [0.3, 0.4) is 0 Å². The van der Waals surface area contributed by atoms with Crippen molar-refractivity contribution in [3.63, 3.8) is 0 Å². The van der Waals surface area contributed by atoms with Gasteiger partial charge in [0.2, 0.25) is 5.88 Å². The van der Waals surface area contributed by atoms with Crippen LogP contribution in [-0.2, 0) is 17.8 Å². The number of benzene rings is 2. The van der Waals surface area contributed by atoms with E-state index in [-0.39, 0.29) is 0 Å². The zero-order valence-electron chi connectivity index (χ0n) is 17.2. The number of ether oxygens (including phenoxy) is 4. The van der Waals surface area contributed by atoms with Crippen molar-refractivity contribution >= 4 is 18.2 Å². The van der Waals surface area contributed by atoms with Gasteiger partial charge < -0.3 is 23.5 Å². The van der Waals surface area contributed by atoms with E-state index in [1.165, 1.54) is 6.92 Å². The number of hydrogen-bond donors (Lipinski definition) is 0. The van der Waals surface area contributed by atoms with E-state index in [0.29, 0.717) is 46.6 Å². The van der Waals surface area contributed by atoms with Gasteiger partial charge in [-0.05, 0) is 47.6 Å². The fourth-order valence-electron chi connectivity index (χ4n) is 3.79. The summed E-state index contributed by atoms with van der Waals surface area (Å²) in [6, 6.07) is 11.4. The van der Waals surface area contributed by atoms with E-state index in [1.807, 2.05) is 41.0 Å². The van der Waals surface area contributed by atoms with E-state index in [4.69, 9.17) is 31.2 Å². The Bertz CT molecular complexity index is 1190. The van der Waals surface area contributed by atoms with E-state index >= 15 is 0 Å². The first-order chi connectivity index (χ1) is 14.5. The van der Waals surface area contributed by atoms with Crippen molar-refractivity contribution in [3.05, 3.63) is 58.0 Å². The van der Waals surface area contributed by atoms with Crippen LogP contribution in [0.4, 0.5) is 0 Å². The van der Waals surface area contributed by atoms with Crippen LogP contribution < -0.4 is 18.9 Å². The molecule has 4 rings (SSSR count). The van der Waals surface area contributed by atoms with E-state index in [9.17, 15) is 4.79 Å². The highest BCUT2D eigenvalue weighted by Gasteiger charge is 2.28. The third kappa shape index (κ3) is 3.23. The SMILES string of the molecule is COc1cc2c(cc1OC)Cn1c(c(OC(C)=O)n(-c3ccccc3OC)c1=S)C2. The maximum Gasteiger partial charge on any atom is 0.309 e. The average Bonchev–Trinajstić information content (AvgIpc) is 3.01. The maximum atomic E-state index is 11.9. The second-order valence-corrected chi connectivity index (χ2v) is 7.24. The number of methoxy groups -OCH3 is 3. The molecule has 3 aromatic rings. The fraction of sp³-hybridized carbons (Fsp3) is 0.273. The highest BCUT2D eigenvalue weighted by molar-refractivity contribution is 7.71. The summed E-state index contributed by atoms with van der Waals surface area (Å²) in [5.41, 5.74) is 3.67. The third-order valence-electron chi connectivity index (χ3n) is 5.16. The summed E-state index contributed by atoms with van der Waals surface area (Å²) in [5.74, 6) is 1.93. The third-order valence-corrected chi connectivity index (χ3v) is 5.56. The zero-order valence-corrected chi connectivity index (χ0v) is 18.0. The molecule has 0 saturated carbocycles. The van der Waals surface area contributed by atoms with Crippen molar-refractivity contribution in [1.82, 2.24) is 9.13 Å². The van der Waals surface area contributed by atoms with Crippen LogP contribution in [-0.4, -0.2) is 36.4 Å². The lowest BCUT2D eigenvalue weighted by Gasteiger charge is -2.21. The zero-order chi connectivity index (χ0) is 21.4. The number of fused-ring (bicyclic) bond motifs is 2. The van der Waals surface area contributed by atoms with Gasteiger partial charge in [0.15, 0.2) is 16.3 Å². The van der Waals surface area contributed by atoms with Crippen LogP contribution in [0.15, 0.2) is 36.4 Å². The predicted molar refractivity (Wildman–Crippen MR) is 114 cm³/mol. The first-order valence-corrected chi connectivity index (χ1v) is 9.79. The van der Waals surface area contributed by atoms with E-state index in [0.717, 1.165) is 16.8 Å². The highest BCUT2D eigenvalue weighted by atomic mass is 32.1. The summed E-state index contributed by atoms with van der Waals surface area (Å²) in [5, 5.41) is 0. The molecule has 8 heteroatoms. The summed E-state index contributed by atoms with van der Waals surface area (Å²) in [4.78, 5) is 11.9. The molecule has 0 atom stereocenters. The lowest BCUT2D eigenvalue weighted by Crippen LogP contribution is -2.15. The minimum absolute atomic E-state index is 0.400. The minimum atomic E-state index is -0.417. The Labute approximate surface area is 179 Å². The summed E-state index contributed by atoms with van der Waals surface area (Å²) >= 11 is 5.80. The summed E-state index contributed by atoms with van der Waals surface area (Å²) in [6.45, 7) is 1.91. The van der Waals surface area contributed by atoms with E-state index < -0.39 is 5.97 Å². The molecule has 0 amide bonds. The molecule has 0 bridgehead atoms. The Morgan fingerprint density at radius 1 is 0.967 bits per heavy atom. The quantitative estimate of drug-likeness (QED) is 0.356. The number of carbonyl (C=O) groups excluding carboxylic acids is 1. The number of aromatic nitrogens is 2. The monoisotopic (exact) mass is 426 g/mol. The van der Waals surface area contributed by atoms with Crippen LogP contribution >= 0.6 is 12.2 Å². The van der Waals surface area contributed by atoms with Gasteiger partial charge in [0.1, 0.15) is 5.75 Å². The van der Waals surface area contributed by atoms with E-state index in [2.05, 4.69) is 0 Å².